The second kappa shape index (κ2) is 5.74. The van der Waals surface area contributed by atoms with Crippen LogP contribution in [0.1, 0.15) is 43.4 Å². The first kappa shape index (κ1) is 15.3. The third kappa shape index (κ3) is 3.73. The van der Waals surface area contributed by atoms with Gasteiger partial charge in [0.1, 0.15) is 0 Å². The first-order chi connectivity index (χ1) is 9.30. The van der Waals surface area contributed by atoms with E-state index < -0.39 is 17.8 Å². The second-order valence-corrected chi connectivity index (χ2v) is 5.93. The monoisotopic (exact) mass is 287 g/mol. The Labute approximate surface area is 117 Å². The second-order valence-electron chi connectivity index (χ2n) is 5.93. The van der Waals surface area contributed by atoms with Crippen LogP contribution in [0.15, 0.2) is 24.3 Å². The fourth-order valence-electron chi connectivity index (χ4n) is 2.48. The molecule has 1 atom stereocenters. The Morgan fingerprint density at radius 3 is 2.30 bits per heavy atom. The number of benzene rings is 1. The molecule has 1 aromatic carbocycles. The number of alkyl halides is 3. The highest BCUT2D eigenvalue weighted by molar-refractivity contribution is 5.26. The maximum absolute atomic E-state index is 12.4. The highest BCUT2D eigenvalue weighted by Gasteiger charge is 2.31. The molecular formula is C15H20F3NO. The van der Waals surface area contributed by atoms with E-state index in [0.717, 1.165) is 18.7 Å². The van der Waals surface area contributed by atoms with Crippen molar-refractivity contribution in [2.45, 2.75) is 38.5 Å². The fraction of sp³-hybridized carbons (Fsp3) is 0.600. The lowest BCUT2D eigenvalue weighted by Crippen LogP contribution is -2.38. The third-order valence-corrected chi connectivity index (χ3v) is 4.07. The largest absolute Gasteiger partial charge is 0.416 e. The minimum atomic E-state index is -4.33. The molecule has 1 unspecified atom stereocenters. The zero-order valence-corrected chi connectivity index (χ0v) is 11.5. The van der Waals surface area contributed by atoms with Crippen molar-refractivity contribution in [3.63, 3.8) is 0 Å². The van der Waals surface area contributed by atoms with E-state index in [-0.39, 0.29) is 0 Å². The van der Waals surface area contributed by atoms with E-state index >= 15 is 0 Å². The Morgan fingerprint density at radius 1 is 1.25 bits per heavy atom. The molecule has 112 valence electrons. The molecule has 5 heteroatoms. The summed E-state index contributed by atoms with van der Waals surface area (Å²) in [6.45, 7) is 3.40. The molecule has 20 heavy (non-hydrogen) atoms. The summed E-state index contributed by atoms with van der Waals surface area (Å²) in [4.78, 5) is 0. The van der Waals surface area contributed by atoms with Crippen LogP contribution in [0, 0.1) is 5.41 Å². The summed E-state index contributed by atoms with van der Waals surface area (Å²) >= 11 is 0. The van der Waals surface area contributed by atoms with Crippen LogP contribution in [0.25, 0.3) is 0 Å². The zero-order valence-electron chi connectivity index (χ0n) is 11.5. The van der Waals surface area contributed by atoms with Gasteiger partial charge >= 0.3 is 6.18 Å². The maximum atomic E-state index is 12.4. The molecule has 1 fully saturated rings. The fourth-order valence-corrected chi connectivity index (χ4v) is 2.48. The van der Waals surface area contributed by atoms with E-state index in [4.69, 9.17) is 0 Å². The lowest BCUT2D eigenvalue weighted by Gasteiger charge is -2.38. The molecule has 1 saturated carbocycles. The number of aliphatic hydroxyl groups excluding tert-OH is 1. The molecule has 0 saturated heterocycles. The highest BCUT2D eigenvalue weighted by atomic mass is 19.4. The van der Waals surface area contributed by atoms with Crippen LogP contribution in [-0.2, 0) is 6.18 Å². The number of nitrogens with one attached hydrogen (secondary N) is 1. The van der Waals surface area contributed by atoms with Crippen molar-refractivity contribution in [3.05, 3.63) is 35.4 Å². The molecule has 0 bridgehead atoms. The van der Waals surface area contributed by atoms with Gasteiger partial charge in [0, 0.05) is 13.1 Å². The number of rotatable bonds is 5. The first-order valence-electron chi connectivity index (χ1n) is 6.86. The molecule has 0 amide bonds. The molecule has 2 nitrogen and oxygen atoms in total. The van der Waals surface area contributed by atoms with E-state index in [0.29, 0.717) is 17.5 Å². The Balaban J connectivity index is 1.84. The van der Waals surface area contributed by atoms with E-state index in [1.54, 1.807) is 0 Å². The predicted octanol–water partition coefficient (Wildman–Crippen LogP) is 3.52. The van der Waals surface area contributed by atoms with Crippen molar-refractivity contribution >= 4 is 0 Å². The molecule has 2 rings (SSSR count). The van der Waals surface area contributed by atoms with Gasteiger partial charge in [0.05, 0.1) is 11.7 Å². The summed E-state index contributed by atoms with van der Waals surface area (Å²) < 4.78 is 37.3. The maximum Gasteiger partial charge on any atom is 0.416 e. The Bertz CT molecular complexity index is 437. The average Bonchev–Trinajstić information content (AvgIpc) is 2.36. The van der Waals surface area contributed by atoms with Gasteiger partial charge in [0.25, 0.3) is 0 Å². The van der Waals surface area contributed by atoms with Crippen LogP contribution in [0.4, 0.5) is 13.2 Å². The summed E-state index contributed by atoms with van der Waals surface area (Å²) in [5.41, 5.74) is 0.132. The summed E-state index contributed by atoms with van der Waals surface area (Å²) in [6, 6.07) is 4.68. The van der Waals surface area contributed by atoms with Crippen LogP contribution in [0.5, 0.6) is 0 Å². The first-order valence-corrected chi connectivity index (χ1v) is 6.86. The van der Waals surface area contributed by atoms with Crippen molar-refractivity contribution in [2.75, 3.05) is 13.1 Å². The zero-order chi connectivity index (χ0) is 14.8. The Hall–Kier alpha value is -1.07. The SMILES string of the molecule is CC1(CNCC(O)c2ccc(C(F)(F)F)cc2)CCC1. The standard InChI is InChI=1S/C15H20F3NO/c1-14(7-2-8-14)10-19-9-13(20)11-3-5-12(6-4-11)15(16,17)18/h3-6,13,19-20H,2,7-10H2,1H3. The van der Waals surface area contributed by atoms with E-state index in [1.165, 1.54) is 31.4 Å². The molecule has 1 aromatic rings. The lowest BCUT2D eigenvalue weighted by molar-refractivity contribution is -0.137. The van der Waals surface area contributed by atoms with Crippen LogP contribution >= 0.6 is 0 Å². The van der Waals surface area contributed by atoms with Crippen LogP contribution < -0.4 is 5.32 Å². The van der Waals surface area contributed by atoms with Gasteiger partial charge < -0.3 is 10.4 Å². The Kier molecular flexibility index (Phi) is 4.39. The number of halogens is 3. The van der Waals surface area contributed by atoms with Gasteiger partial charge in [-0.25, -0.2) is 0 Å². The van der Waals surface area contributed by atoms with Crippen LogP contribution in [0.2, 0.25) is 0 Å². The van der Waals surface area contributed by atoms with Gasteiger partial charge in [-0.15, -0.1) is 0 Å². The molecular weight excluding hydrogens is 267 g/mol. The van der Waals surface area contributed by atoms with E-state index in [1.807, 2.05) is 0 Å². The van der Waals surface area contributed by atoms with Crippen molar-refractivity contribution in [1.82, 2.24) is 5.32 Å². The van der Waals surface area contributed by atoms with Crippen molar-refractivity contribution in [3.8, 4) is 0 Å². The normalized spacial score (nSPS) is 19.4. The smallest absolute Gasteiger partial charge is 0.387 e. The predicted molar refractivity (Wildman–Crippen MR) is 71.2 cm³/mol. The Morgan fingerprint density at radius 2 is 1.85 bits per heavy atom. The van der Waals surface area contributed by atoms with E-state index in [2.05, 4.69) is 12.2 Å². The molecule has 0 heterocycles. The molecule has 1 aliphatic carbocycles. The summed E-state index contributed by atoms with van der Waals surface area (Å²) in [5.74, 6) is 0. The molecule has 0 spiro atoms. The third-order valence-electron chi connectivity index (χ3n) is 4.07. The molecule has 0 aromatic heterocycles. The highest BCUT2D eigenvalue weighted by Crippen LogP contribution is 2.39. The number of hydrogen-bond acceptors (Lipinski definition) is 2. The van der Waals surface area contributed by atoms with Gasteiger partial charge in [-0.3, -0.25) is 0 Å². The lowest BCUT2D eigenvalue weighted by atomic mass is 9.70. The van der Waals surface area contributed by atoms with Gasteiger partial charge in [-0.1, -0.05) is 25.5 Å². The van der Waals surface area contributed by atoms with Gasteiger partial charge in [0.15, 0.2) is 0 Å². The molecule has 1 aliphatic rings. The molecule has 2 N–H and O–H groups in total. The molecule has 0 aliphatic heterocycles. The topological polar surface area (TPSA) is 32.3 Å². The summed E-state index contributed by atoms with van der Waals surface area (Å²) in [5, 5.41) is 13.2. The van der Waals surface area contributed by atoms with Crippen LogP contribution in [-0.4, -0.2) is 18.2 Å². The van der Waals surface area contributed by atoms with Gasteiger partial charge in [-0.05, 0) is 36.0 Å². The summed E-state index contributed by atoms with van der Waals surface area (Å²) in [6.07, 6.45) is -1.48. The van der Waals surface area contributed by atoms with Crippen molar-refractivity contribution < 1.29 is 18.3 Å². The minimum Gasteiger partial charge on any atom is -0.387 e. The quantitative estimate of drug-likeness (QED) is 0.868. The average molecular weight is 287 g/mol. The van der Waals surface area contributed by atoms with Crippen molar-refractivity contribution in [1.29, 1.82) is 0 Å². The van der Waals surface area contributed by atoms with Crippen molar-refractivity contribution in [2.24, 2.45) is 5.41 Å². The number of hydrogen-bond donors (Lipinski definition) is 2. The van der Waals surface area contributed by atoms with Gasteiger partial charge in [-0.2, -0.15) is 13.2 Å². The molecule has 0 radical (unpaired) electrons. The van der Waals surface area contributed by atoms with Gasteiger partial charge in [0.2, 0.25) is 0 Å². The van der Waals surface area contributed by atoms with E-state index in [9.17, 15) is 18.3 Å². The summed E-state index contributed by atoms with van der Waals surface area (Å²) in [7, 11) is 0. The minimum absolute atomic E-state index is 0.319. The number of aliphatic hydroxyl groups is 1. The van der Waals surface area contributed by atoms with Crippen LogP contribution in [0.3, 0.4) is 0 Å².